The van der Waals surface area contributed by atoms with E-state index < -0.39 is 6.04 Å². The molecule has 124 valence electrons. The van der Waals surface area contributed by atoms with Crippen LogP contribution in [0.15, 0.2) is 24.3 Å². The molecule has 1 fully saturated rings. The number of fused-ring (bicyclic) bond motifs is 1. The fourth-order valence-electron chi connectivity index (χ4n) is 3.03. The Bertz CT molecular complexity index is 824. The third kappa shape index (κ3) is 2.46. The van der Waals surface area contributed by atoms with Crippen LogP contribution in [0.25, 0.3) is 0 Å². The van der Waals surface area contributed by atoms with Crippen LogP contribution in [0.4, 0.5) is 11.4 Å². The highest BCUT2D eigenvalue weighted by molar-refractivity contribution is 6.11. The molecule has 4 rings (SSSR count). The quantitative estimate of drug-likeness (QED) is 0.930. The molecule has 2 aliphatic rings. The van der Waals surface area contributed by atoms with E-state index in [9.17, 15) is 9.59 Å². The summed E-state index contributed by atoms with van der Waals surface area (Å²) in [6.07, 6.45) is 2.37. The van der Waals surface area contributed by atoms with Crippen molar-refractivity contribution in [3.8, 4) is 0 Å². The van der Waals surface area contributed by atoms with Gasteiger partial charge in [-0.25, -0.2) is 4.98 Å². The Labute approximate surface area is 139 Å². The summed E-state index contributed by atoms with van der Waals surface area (Å²) < 4.78 is 1.67. The Morgan fingerprint density at radius 2 is 2.08 bits per heavy atom. The van der Waals surface area contributed by atoms with Gasteiger partial charge in [0.2, 0.25) is 11.8 Å². The van der Waals surface area contributed by atoms with E-state index in [2.05, 4.69) is 15.4 Å². The van der Waals surface area contributed by atoms with Gasteiger partial charge in [-0.2, -0.15) is 5.10 Å². The van der Waals surface area contributed by atoms with Crippen LogP contribution in [0.1, 0.15) is 37.3 Å². The molecule has 0 spiro atoms. The van der Waals surface area contributed by atoms with E-state index in [-0.39, 0.29) is 18.2 Å². The van der Waals surface area contributed by atoms with Gasteiger partial charge in [-0.3, -0.25) is 19.2 Å². The highest BCUT2D eigenvalue weighted by Gasteiger charge is 2.34. The van der Waals surface area contributed by atoms with Crippen molar-refractivity contribution in [2.45, 2.75) is 38.1 Å². The van der Waals surface area contributed by atoms with Gasteiger partial charge in [-0.1, -0.05) is 12.1 Å². The van der Waals surface area contributed by atoms with Crippen molar-refractivity contribution in [3.63, 3.8) is 0 Å². The van der Waals surface area contributed by atoms with Gasteiger partial charge in [0.25, 0.3) is 0 Å². The molecule has 2 aromatic rings. The number of aryl methyl sites for hydroxylation is 1. The molecule has 2 heterocycles. The number of hydrogen-bond acceptors (Lipinski definition) is 4. The lowest BCUT2D eigenvalue weighted by Gasteiger charge is -2.34. The van der Waals surface area contributed by atoms with Crippen molar-refractivity contribution >= 4 is 23.2 Å². The average Bonchev–Trinajstić information content (AvgIpc) is 3.34. The maximum atomic E-state index is 12.9. The first-order valence-electron chi connectivity index (χ1n) is 8.16. The monoisotopic (exact) mass is 325 g/mol. The number of carbonyl (C=O) groups is 2. The fourth-order valence-corrected chi connectivity index (χ4v) is 3.03. The summed E-state index contributed by atoms with van der Waals surface area (Å²) in [5.74, 6) is 1.57. The van der Waals surface area contributed by atoms with Crippen LogP contribution in [0, 0.1) is 0 Å². The Morgan fingerprint density at radius 1 is 1.33 bits per heavy atom. The van der Waals surface area contributed by atoms with Crippen LogP contribution in [-0.4, -0.2) is 32.6 Å². The van der Waals surface area contributed by atoms with E-state index >= 15 is 0 Å². The molecule has 1 atom stereocenters. The molecule has 1 unspecified atom stereocenters. The summed E-state index contributed by atoms with van der Waals surface area (Å²) in [5.41, 5.74) is 1.38. The minimum absolute atomic E-state index is 0.127. The SMILES string of the molecule is CC1C(=O)Nc2ccccc2N1C(=O)Cc1nc(C2CC2)nn1C. The van der Waals surface area contributed by atoms with Crippen molar-refractivity contribution in [2.75, 3.05) is 10.2 Å². The predicted octanol–water partition coefficient (Wildman–Crippen LogP) is 1.61. The lowest BCUT2D eigenvalue weighted by atomic mass is 10.1. The van der Waals surface area contributed by atoms with E-state index in [0.717, 1.165) is 24.4 Å². The highest BCUT2D eigenvalue weighted by Crippen LogP contribution is 2.38. The molecule has 1 N–H and O–H groups in total. The molecule has 1 aromatic carbocycles. The van der Waals surface area contributed by atoms with Crippen LogP contribution < -0.4 is 10.2 Å². The number of rotatable bonds is 3. The molecule has 1 aliphatic carbocycles. The maximum Gasteiger partial charge on any atom is 0.247 e. The van der Waals surface area contributed by atoms with Crippen LogP contribution in [0.3, 0.4) is 0 Å². The van der Waals surface area contributed by atoms with Gasteiger partial charge < -0.3 is 5.32 Å². The van der Waals surface area contributed by atoms with Crippen LogP contribution in [0.5, 0.6) is 0 Å². The van der Waals surface area contributed by atoms with E-state index in [4.69, 9.17) is 0 Å². The summed E-state index contributed by atoms with van der Waals surface area (Å²) in [6.45, 7) is 1.73. The lowest BCUT2D eigenvalue weighted by Crippen LogP contribution is -2.50. The number of para-hydroxylation sites is 2. The van der Waals surface area contributed by atoms with E-state index in [1.54, 1.807) is 22.6 Å². The molecule has 24 heavy (non-hydrogen) atoms. The smallest absolute Gasteiger partial charge is 0.247 e. The molecule has 1 aliphatic heterocycles. The second kappa shape index (κ2) is 5.43. The second-order valence-corrected chi connectivity index (χ2v) is 6.41. The van der Waals surface area contributed by atoms with Gasteiger partial charge in [-0.05, 0) is 31.9 Å². The minimum Gasteiger partial charge on any atom is -0.322 e. The van der Waals surface area contributed by atoms with Crippen molar-refractivity contribution in [2.24, 2.45) is 7.05 Å². The zero-order valence-corrected chi connectivity index (χ0v) is 13.7. The molecule has 1 aromatic heterocycles. The zero-order chi connectivity index (χ0) is 16.8. The van der Waals surface area contributed by atoms with Gasteiger partial charge in [0, 0.05) is 13.0 Å². The molecular weight excluding hydrogens is 306 g/mol. The minimum atomic E-state index is -0.552. The van der Waals surface area contributed by atoms with Crippen molar-refractivity contribution in [3.05, 3.63) is 35.9 Å². The molecule has 2 amide bonds. The number of aromatic nitrogens is 3. The van der Waals surface area contributed by atoms with Crippen molar-refractivity contribution < 1.29 is 9.59 Å². The number of nitrogens with one attached hydrogen (secondary N) is 1. The molecule has 0 saturated heterocycles. The third-order valence-electron chi connectivity index (χ3n) is 4.58. The Morgan fingerprint density at radius 3 is 2.83 bits per heavy atom. The average molecular weight is 325 g/mol. The second-order valence-electron chi connectivity index (χ2n) is 6.41. The number of benzene rings is 1. The summed E-state index contributed by atoms with van der Waals surface area (Å²) >= 11 is 0. The Hall–Kier alpha value is -2.70. The number of hydrogen-bond donors (Lipinski definition) is 1. The molecule has 0 radical (unpaired) electrons. The van der Waals surface area contributed by atoms with E-state index in [1.807, 2.05) is 25.2 Å². The van der Waals surface area contributed by atoms with E-state index in [1.165, 1.54) is 0 Å². The summed E-state index contributed by atoms with van der Waals surface area (Å²) in [6, 6.07) is 6.78. The standard InChI is InChI=1S/C17H19N5O2/c1-10-17(24)18-12-5-3-4-6-13(12)22(10)15(23)9-14-19-16(11-7-8-11)20-21(14)2/h3-6,10-11H,7-9H2,1-2H3,(H,18,24). The molecule has 1 saturated carbocycles. The third-order valence-corrected chi connectivity index (χ3v) is 4.58. The predicted molar refractivity (Wildman–Crippen MR) is 88.7 cm³/mol. The van der Waals surface area contributed by atoms with Gasteiger partial charge >= 0.3 is 0 Å². The number of anilines is 2. The van der Waals surface area contributed by atoms with Crippen LogP contribution in [0.2, 0.25) is 0 Å². The summed E-state index contributed by atoms with van der Waals surface area (Å²) in [4.78, 5) is 31.1. The first-order chi connectivity index (χ1) is 11.5. The summed E-state index contributed by atoms with van der Waals surface area (Å²) in [5, 5.41) is 7.24. The first-order valence-corrected chi connectivity index (χ1v) is 8.16. The Kier molecular flexibility index (Phi) is 3.37. The van der Waals surface area contributed by atoms with Crippen molar-refractivity contribution in [1.82, 2.24) is 14.8 Å². The highest BCUT2D eigenvalue weighted by atomic mass is 16.2. The van der Waals surface area contributed by atoms with Gasteiger partial charge in [0.15, 0.2) is 5.82 Å². The maximum absolute atomic E-state index is 12.9. The number of amides is 2. The largest absolute Gasteiger partial charge is 0.322 e. The molecular formula is C17H19N5O2. The Balaban J connectivity index is 1.62. The van der Waals surface area contributed by atoms with Gasteiger partial charge in [0.1, 0.15) is 11.9 Å². The lowest BCUT2D eigenvalue weighted by molar-refractivity contribution is -0.123. The molecule has 7 nitrogen and oxygen atoms in total. The zero-order valence-electron chi connectivity index (χ0n) is 13.7. The number of nitrogens with zero attached hydrogens (tertiary/aromatic N) is 4. The normalized spacial score (nSPS) is 19.8. The first kappa shape index (κ1) is 14.9. The fraction of sp³-hybridized carbons (Fsp3) is 0.412. The molecule has 7 heteroatoms. The topological polar surface area (TPSA) is 80.1 Å². The summed E-state index contributed by atoms with van der Waals surface area (Å²) in [7, 11) is 1.81. The number of carbonyl (C=O) groups excluding carboxylic acids is 2. The molecule has 0 bridgehead atoms. The van der Waals surface area contributed by atoms with Crippen LogP contribution in [-0.2, 0) is 23.1 Å². The van der Waals surface area contributed by atoms with Crippen molar-refractivity contribution in [1.29, 1.82) is 0 Å². The van der Waals surface area contributed by atoms with Gasteiger partial charge in [-0.15, -0.1) is 0 Å². The van der Waals surface area contributed by atoms with E-state index in [0.29, 0.717) is 17.4 Å². The van der Waals surface area contributed by atoms with Gasteiger partial charge in [0.05, 0.1) is 17.8 Å². The van der Waals surface area contributed by atoms with Crippen LogP contribution >= 0.6 is 0 Å².